The van der Waals surface area contributed by atoms with Gasteiger partial charge in [0.2, 0.25) is 0 Å². The van der Waals surface area contributed by atoms with Gasteiger partial charge in [-0.05, 0) is 36.3 Å². The van der Waals surface area contributed by atoms with Gasteiger partial charge in [-0.1, -0.05) is 25.1 Å². The van der Waals surface area contributed by atoms with E-state index in [1.807, 2.05) is 25.1 Å². The summed E-state index contributed by atoms with van der Waals surface area (Å²) in [5.41, 5.74) is 3.09. The number of H-pyrrole nitrogens is 2. The molecule has 25 heavy (non-hydrogen) atoms. The van der Waals surface area contributed by atoms with E-state index in [2.05, 4.69) is 22.1 Å². The minimum atomic E-state index is -0.226. The molecule has 0 saturated carbocycles. The molecule has 0 spiro atoms. The summed E-state index contributed by atoms with van der Waals surface area (Å²) < 4.78 is 0. The number of rotatable bonds is 1. The summed E-state index contributed by atoms with van der Waals surface area (Å²) in [6.07, 6.45) is 2.65. The van der Waals surface area contributed by atoms with E-state index in [0.29, 0.717) is 30.1 Å². The molecule has 1 aromatic carbocycles. The first kappa shape index (κ1) is 15.6. The van der Waals surface area contributed by atoms with E-state index in [9.17, 15) is 9.59 Å². The Balaban J connectivity index is 1.77. The van der Waals surface area contributed by atoms with Gasteiger partial charge in [0.1, 0.15) is 5.69 Å². The number of carbonyl (C=O) groups excluding carboxylic acids is 1. The molecule has 0 fully saturated rings. The van der Waals surface area contributed by atoms with E-state index < -0.39 is 0 Å². The maximum atomic E-state index is 13.2. The lowest BCUT2D eigenvalue weighted by atomic mass is 10.0. The van der Waals surface area contributed by atoms with Crippen LogP contribution in [-0.2, 0) is 13.0 Å². The Hall–Kier alpha value is -2.89. The zero-order valence-electron chi connectivity index (χ0n) is 14.3. The Bertz CT molecular complexity index is 1020. The number of aryl methyl sites for hydroxylation is 1. The first-order valence-corrected chi connectivity index (χ1v) is 8.46. The molecule has 4 rings (SSSR count). The molecule has 6 nitrogen and oxygen atoms in total. The van der Waals surface area contributed by atoms with Crippen LogP contribution in [0, 0.1) is 12.8 Å². The van der Waals surface area contributed by atoms with Gasteiger partial charge in [-0.3, -0.25) is 14.7 Å². The lowest BCUT2D eigenvalue weighted by Gasteiger charge is -2.23. The van der Waals surface area contributed by atoms with Crippen LogP contribution < -0.4 is 5.56 Å². The van der Waals surface area contributed by atoms with E-state index in [4.69, 9.17) is 0 Å². The smallest absolute Gasteiger partial charge is 0.270 e. The second-order valence-corrected chi connectivity index (χ2v) is 6.87. The van der Waals surface area contributed by atoms with Gasteiger partial charge < -0.3 is 9.88 Å². The molecule has 1 amide bonds. The fourth-order valence-electron chi connectivity index (χ4n) is 3.65. The highest BCUT2D eigenvalue weighted by atomic mass is 16.2. The Morgan fingerprint density at radius 2 is 2.04 bits per heavy atom. The lowest BCUT2D eigenvalue weighted by molar-refractivity contribution is 0.0718. The Morgan fingerprint density at radius 3 is 2.84 bits per heavy atom. The molecule has 6 heteroatoms. The lowest BCUT2D eigenvalue weighted by Crippen LogP contribution is -2.35. The summed E-state index contributed by atoms with van der Waals surface area (Å²) in [5.74, 6) is 0.180. The van der Waals surface area contributed by atoms with Crippen LogP contribution >= 0.6 is 0 Å². The number of pyridine rings is 1. The molecule has 1 atom stereocenters. The van der Waals surface area contributed by atoms with Gasteiger partial charge in [-0.25, -0.2) is 0 Å². The van der Waals surface area contributed by atoms with Crippen molar-refractivity contribution in [1.82, 2.24) is 20.1 Å². The number of amides is 1. The number of fused-ring (bicyclic) bond motifs is 2. The minimum absolute atomic E-state index is 0.138. The van der Waals surface area contributed by atoms with E-state index in [-0.39, 0.29) is 11.5 Å². The van der Waals surface area contributed by atoms with Gasteiger partial charge in [0, 0.05) is 29.7 Å². The van der Waals surface area contributed by atoms with Crippen molar-refractivity contribution in [3.05, 3.63) is 63.3 Å². The number of nitrogens with zero attached hydrogens (tertiary/aromatic N) is 2. The Labute approximate surface area is 144 Å². The van der Waals surface area contributed by atoms with Crippen molar-refractivity contribution >= 4 is 16.7 Å². The fraction of sp³-hybridized carbons (Fsp3) is 0.316. The van der Waals surface area contributed by atoms with E-state index in [1.165, 1.54) is 0 Å². The summed E-state index contributed by atoms with van der Waals surface area (Å²) in [6, 6.07) is 7.38. The van der Waals surface area contributed by atoms with Gasteiger partial charge in [-0.2, -0.15) is 5.10 Å². The zero-order valence-corrected chi connectivity index (χ0v) is 14.3. The summed E-state index contributed by atoms with van der Waals surface area (Å²) in [7, 11) is 0. The van der Waals surface area contributed by atoms with Crippen molar-refractivity contribution in [1.29, 1.82) is 0 Å². The van der Waals surface area contributed by atoms with Crippen molar-refractivity contribution in [2.24, 2.45) is 5.92 Å². The summed E-state index contributed by atoms with van der Waals surface area (Å²) in [4.78, 5) is 30.2. The Morgan fingerprint density at radius 1 is 1.28 bits per heavy atom. The topological polar surface area (TPSA) is 81.8 Å². The molecule has 2 aromatic heterocycles. The molecule has 0 saturated heterocycles. The molecule has 2 N–H and O–H groups in total. The third-order valence-electron chi connectivity index (χ3n) is 4.94. The summed E-state index contributed by atoms with van der Waals surface area (Å²) in [6.45, 7) is 5.15. The molecule has 3 aromatic rings. The average molecular weight is 336 g/mol. The number of aromatic amines is 2. The highest BCUT2D eigenvalue weighted by Crippen LogP contribution is 2.23. The van der Waals surface area contributed by atoms with Gasteiger partial charge >= 0.3 is 0 Å². The van der Waals surface area contributed by atoms with Crippen molar-refractivity contribution in [3.63, 3.8) is 0 Å². The number of nitrogens with one attached hydrogen (secondary N) is 2. The average Bonchev–Trinajstić information content (AvgIpc) is 2.97. The molecule has 1 aliphatic rings. The second kappa shape index (κ2) is 5.88. The molecule has 0 radical (unpaired) electrons. The number of hydrogen-bond donors (Lipinski definition) is 2. The van der Waals surface area contributed by atoms with Crippen LogP contribution in [0.4, 0.5) is 0 Å². The standard InChI is InChI=1S/C19H20N4O2/c1-11-7-16-13(8-20-22-16)10-23(9-11)19(25)17-12(2)14-5-3-4-6-15(14)18(24)21-17/h3-6,8,11H,7,9-10H2,1-2H3,(H,20,22)(H,21,24). The molecule has 1 unspecified atom stereocenters. The van der Waals surface area contributed by atoms with Gasteiger partial charge in [-0.15, -0.1) is 0 Å². The third kappa shape index (κ3) is 2.63. The van der Waals surface area contributed by atoms with E-state index in [1.54, 1.807) is 17.2 Å². The maximum Gasteiger partial charge on any atom is 0.270 e. The number of hydrogen-bond acceptors (Lipinski definition) is 3. The maximum absolute atomic E-state index is 13.2. The van der Waals surface area contributed by atoms with Crippen LogP contribution in [0.1, 0.15) is 34.2 Å². The largest absolute Gasteiger partial charge is 0.333 e. The molecule has 1 aliphatic heterocycles. The molecule has 0 aliphatic carbocycles. The first-order chi connectivity index (χ1) is 12.0. The molecule has 128 valence electrons. The predicted molar refractivity (Wildman–Crippen MR) is 95.5 cm³/mol. The number of benzene rings is 1. The van der Waals surface area contributed by atoms with Crippen LogP contribution in [0.5, 0.6) is 0 Å². The second-order valence-electron chi connectivity index (χ2n) is 6.87. The van der Waals surface area contributed by atoms with Gasteiger partial charge in [0.15, 0.2) is 0 Å². The first-order valence-electron chi connectivity index (χ1n) is 8.46. The van der Waals surface area contributed by atoms with Crippen LogP contribution in [0.2, 0.25) is 0 Å². The summed E-state index contributed by atoms with van der Waals surface area (Å²) in [5, 5.41) is 8.55. The van der Waals surface area contributed by atoms with Gasteiger partial charge in [0.05, 0.1) is 6.20 Å². The van der Waals surface area contributed by atoms with Crippen LogP contribution in [0.25, 0.3) is 10.8 Å². The van der Waals surface area contributed by atoms with Crippen molar-refractivity contribution in [3.8, 4) is 0 Å². The highest BCUT2D eigenvalue weighted by molar-refractivity contribution is 5.99. The normalized spacial score (nSPS) is 17.4. The molecule has 0 bridgehead atoms. The Kier molecular flexibility index (Phi) is 3.67. The summed E-state index contributed by atoms with van der Waals surface area (Å²) >= 11 is 0. The predicted octanol–water partition coefficient (Wildman–Crippen LogP) is 2.39. The van der Waals surface area contributed by atoms with Crippen LogP contribution in [0.15, 0.2) is 35.3 Å². The van der Waals surface area contributed by atoms with Gasteiger partial charge in [0.25, 0.3) is 11.5 Å². The van der Waals surface area contributed by atoms with E-state index in [0.717, 1.165) is 28.6 Å². The zero-order chi connectivity index (χ0) is 17.6. The molecular formula is C19H20N4O2. The third-order valence-corrected chi connectivity index (χ3v) is 4.94. The van der Waals surface area contributed by atoms with Crippen LogP contribution in [-0.4, -0.2) is 32.5 Å². The fourth-order valence-corrected chi connectivity index (χ4v) is 3.65. The number of carbonyl (C=O) groups is 1. The van der Waals surface area contributed by atoms with Crippen molar-refractivity contribution in [2.75, 3.05) is 6.54 Å². The highest BCUT2D eigenvalue weighted by Gasteiger charge is 2.26. The van der Waals surface area contributed by atoms with Crippen molar-refractivity contribution < 1.29 is 4.79 Å². The van der Waals surface area contributed by atoms with Crippen LogP contribution in [0.3, 0.4) is 0 Å². The molecular weight excluding hydrogens is 316 g/mol. The molecule has 3 heterocycles. The van der Waals surface area contributed by atoms with E-state index >= 15 is 0 Å². The monoisotopic (exact) mass is 336 g/mol. The SMILES string of the molecule is Cc1c(C(=O)N2Cc3cn[nH]c3CC(C)C2)[nH]c(=O)c2ccccc12. The quantitative estimate of drug-likeness (QED) is 0.716. The number of aromatic nitrogens is 3. The minimum Gasteiger partial charge on any atom is -0.333 e. The van der Waals surface area contributed by atoms with Crippen molar-refractivity contribution in [2.45, 2.75) is 26.8 Å².